The maximum Gasteiger partial charge on any atom is 0.401 e. The van der Waals surface area contributed by atoms with Gasteiger partial charge in [0.25, 0.3) is 0 Å². The summed E-state index contributed by atoms with van der Waals surface area (Å²) in [5, 5.41) is 7.21. The van der Waals surface area contributed by atoms with E-state index in [1.54, 1.807) is 7.05 Å². The predicted molar refractivity (Wildman–Crippen MR) is 99.5 cm³/mol. The smallest absolute Gasteiger partial charge is 0.356 e. The van der Waals surface area contributed by atoms with Crippen LogP contribution in [0.3, 0.4) is 0 Å². The van der Waals surface area contributed by atoms with E-state index in [1.807, 2.05) is 24.3 Å². The van der Waals surface area contributed by atoms with E-state index in [1.165, 1.54) is 4.90 Å². The van der Waals surface area contributed by atoms with Gasteiger partial charge in [0.1, 0.15) is 0 Å². The summed E-state index contributed by atoms with van der Waals surface area (Å²) < 4.78 is 37.2. The van der Waals surface area contributed by atoms with Crippen molar-refractivity contribution in [1.29, 1.82) is 0 Å². The van der Waals surface area contributed by atoms with Gasteiger partial charge in [-0.2, -0.15) is 13.2 Å². The van der Waals surface area contributed by atoms with Crippen molar-refractivity contribution < 1.29 is 13.2 Å². The van der Waals surface area contributed by atoms with Gasteiger partial charge in [0.15, 0.2) is 5.96 Å². The zero-order valence-corrected chi connectivity index (χ0v) is 15.7. The first-order chi connectivity index (χ1) is 12.4. The SMILES string of the molecule is CN=C(NCCC1CCN(CC(F)(F)F)CC1)NCc1ccc(Cl)cc1. The summed E-state index contributed by atoms with van der Waals surface area (Å²) in [4.78, 5) is 5.69. The van der Waals surface area contributed by atoms with Gasteiger partial charge in [-0.25, -0.2) is 0 Å². The molecular weight excluding hydrogens is 365 g/mol. The number of hydrogen-bond acceptors (Lipinski definition) is 2. The van der Waals surface area contributed by atoms with Gasteiger partial charge in [0.2, 0.25) is 0 Å². The van der Waals surface area contributed by atoms with E-state index in [0.29, 0.717) is 30.6 Å². The number of guanidine groups is 1. The highest BCUT2D eigenvalue weighted by Crippen LogP contribution is 2.23. The number of hydrogen-bond donors (Lipinski definition) is 2. The lowest BCUT2D eigenvalue weighted by Crippen LogP contribution is -2.41. The lowest BCUT2D eigenvalue weighted by atomic mass is 9.93. The van der Waals surface area contributed by atoms with Crippen LogP contribution >= 0.6 is 11.6 Å². The zero-order valence-electron chi connectivity index (χ0n) is 14.9. The van der Waals surface area contributed by atoms with Crippen molar-refractivity contribution in [3.8, 4) is 0 Å². The molecule has 4 nitrogen and oxygen atoms in total. The van der Waals surface area contributed by atoms with Gasteiger partial charge >= 0.3 is 6.18 Å². The van der Waals surface area contributed by atoms with Gasteiger partial charge in [-0.1, -0.05) is 23.7 Å². The molecule has 2 N–H and O–H groups in total. The summed E-state index contributed by atoms with van der Waals surface area (Å²) in [6, 6.07) is 7.61. The van der Waals surface area contributed by atoms with Crippen LogP contribution in [-0.4, -0.2) is 50.3 Å². The van der Waals surface area contributed by atoms with E-state index in [9.17, 15) is 13.2 Å². The quantitative estimate of drug-likeness (QED) is 0.575. The highest BCUT2D eigenvalue weighted by molar-refractivity contribution is 6.30. The summed E-state index contributed by atoms with van der Waals surface area (Å²) >= 11 is 5.87. The first-order valence-corrected chi connectivity index (χ1v) is 9.21. The maximum absolute atomic E-state index is 12.4. The van der Waals surface area contributed by atoms with E-state index < -0.39 is 12.7 Å². The summed E-state index contributed by atoms with van der Waals surface area (Å²) in [5.74, 6) is 1.18. The monoisotopic (exact) mass is 390 g/mol. The van der Waals surface area contributed by atoms with Gasteiger partial charge in [-0.05, 0) is 56.0 Å². The van der Waals surface area contributed by atoms with Gasteiger partial charge in [0.05, 0.1) is 6.54 Å². The second-order valence-electron chi connectivity index (χ2n) is 6.60. The van der Waals surface area contributed by atoms with Crippen molar-refractivity contribution in [2.45, 2.75) is 32.0 Å². The minimum Gasteiger partial charge on any atom is -0.356 e. The lowest BCUT2D eigenvalue weighted by Gasteiger charge is -2.32. The first-order valence-electron chi connectivity index (χ1n) is 8.84. The largest absolute Gasteiger partial charge is 0.401 e. The molecule has 1 aromatic carbocycles. The molecule has 0 radical (unpaired) electrons. The molecule has 1 saturated heterocycles. The van der Waals surface area contributed by atoms with Gasteiger partial charge in [-0.3, -0.25) is 9.89 Å². The fourth-order valence-corrected chi connectivity index (χ4v) is 3.22. The van der Waals surface area contributed by atoms with Crippen LogP contribution in [0.1, 0.15) is 24.8 Å². The molecular formula is C18H26ClF3N4. The Labute approximate surface area is 157 Å². The van der Waals surface area contributed by atoms with E-state index >= 15 is 0 Å². The average molecular weight is 391 g/mol. The highest BCUT2D eigenvalue weighted by atomic mass is 35.5. The molecule has 1 heterocycles. The molecule has 0 atom stereocenters. The van der Waals surface area contributed by atoms with Gasteiger partial charge in [-0.15, -0.1) is 0 Å². The Morgan fingerprint density at radius 1 is 1.19 bits per heavy atom. The molecule has 1 aliphatic rings. The molecule has 0 saturated carbocycles. The van der Waals surface area contributed by atoms with Crippen LogP contribution in [-0.2, 0) is 6.54 Å². The summed E-state index contributed by atoms with van der Waals surface area (Å²) in [5.41, 5.74) is 1.11. The van der Waals surface area contributed by atoms with Crippen LogP contribution < -0.4 is 10.6 Å². The second kappa shape index (κ2) is 10.0. The third kappa shape index (κ3) is 7.83. The molecule has 0 spiro atoms. The Morgan fingerprint density at radius 2 is 1.85 bits per heavy atom. The Bertz CT molecular complexity index is 567. The Hall–Kier alpha value is -1.47. The van der Waals surface area contributed by atoms with Crippen molar-refractivity contribution in [2.75, 3.05) is 33.2 Å². The second-order valence-corrected chi connectivity index (χ2v) is 7.04. The zero-order chi connectivity index (χ0) is 19.0. The van der Waals surface area contributed by atoms with E-state index in [0.717, 1.165) is 37.3 Å². The minimum atomic E-state index is -4.10. The van der Waals surface area contributed by atoms with Crippen molar-refractivity contribution in [3.05, 3.63) is 34.9 Å². The molecule has 146 valence electrons. The number of likely N-dealkylation sites (tertiary alicyclic amines) is 1. The van der Waals surface area contributed by atoms with E-state index in [-0.39, 0.29) is 0 Å². The standard InChI is InChI=1S/C18H26ClF3N4/c1-23-17(25-12-15-2-4-16(19)5-3-15)24-9-6-14-7-10-26(11-8-14)13-18(20,21)22/h2-5,14H,6-13H2,1H3,(H2,23,24,25). The fourth-order valence-electron chi connectivity index (χ4n) is 3.09. The topological polar surface area (TPSA) is 39.7 Å². The number of piperidine rings is 1. The van der Waals surface area contributed by atoms with Crippen LogP contribution in [0, 0.1) is 5.92 Å². The molecule has 8 heteroatoms. The van der Waals surface area contributed by atoms with Crippen LogP contribution in [0.5, 0.6) is 0 Å². The van der Waals surface area contributed by atoms with Crippen LogP contribution in [0.4, 0.5) is 13.2 Å². The number of nitrogens with one attached hydrogen (secondary N) is 2. The predicted octanol–water partition coefficient (Wildman–Crippen LogP) is 3.67. The first kappa shape index (κ1) is 20.8. The van der Waals surface area contributed by atoms with Crippen molar-refractivity contribution >= 4 is 17.6 Å². The molecule has 0 unspecified atom stereocenters. The van der Waals surface area contributed by atoms with Gasteiger partial charge < -0.3 is 10.6 Å². The molecule has 2 rings (SSSR count). The molecule has 1 fully saturated rings. The van der Waals surface area contributed by atoms with Crippen molar-refractivity contribution in [3.63, 3.8) is 0 Å². The van der Waals surface area contributed by atoms with Crippen LogP contribution in [0.15, 0.2) is 29.3 Å². The summed E-state index contributed by atoms with van der Waals surface area (Å²) in [6.45, 7) is 1.65. The number of aliphatic imine (C=N–C) groups is 1. The third-order valence-corrected chi connectivity index (χ3v) is 4.80. The average Bonchev–Trinajstić information content (AvgIpc) is 2.59. The molecule has 1 aliphatic heterocycles. The van der Waals surface area contributed by atoms with E-state index in [2.05, 4.69) is 15.6 Å². The normalized spacial score (nSPS) is 17.3. The Morgan fingerprint density at radius 3 is 2.42 bits per heavy atom. The minimum absolute atomic E-state index is 0.460. The molecule has 1 aromatic rings. The molecule has 0 aliphatic carbocycles. The number of benzene rings is 1. The Kier molecular flexibility index (Phi) is 8.03. The lowest BCUT2D eigenvalue weighted by molar-refractivity contribution is -0.148. The van der Waals surface area contributed by atoms with Crippen LogP contribution in [0.25, 0.3) is 0 Å². The van der Waals surface area contributed by atoms with Crippen molar-refractivity contribution in [2.24, 2.45) is 10.9 Å². The third-order valence-electron chi connectivity index (χ3n) is 4.55. The van der Waals surface area contributed by atoms with Crippen molar-refractivity contribution in [1.82, 2.24) is 15.5 Å². The van der Waals surface area contributed by atoms with Crippen LogP contribution in [0.2, 0.25) is 5.02 Å². The highest BCUT2D eigenvalue weighted by Gasteiger charge is 2.32. The number of nitrogens with zero attached hydrogens (tertiary/aromatic N) is 2. The Balaban J connectivity index is 1.63. The molecule has 26 heavy (non-hydrogen) atoms. The summed E-state index contributed by atoms with van der Waals surface area (Å²) in [7, 11) is 1.72. The maximum atomic E-state index is 12.4. The number of alkyl halides is 3. The number of halogens is 4. The van der Waals surface area contributed by atoms with Gasteiger partial charge in [0, 0.05) is 25.2 Å². The molecule has 0 amide bonds. The fraction of sp³-hybridized carbons (Fsp3) is 0.611. The summed E-state index contributed by atoms with van der Waals surface area (Å²) in [6.07, 6.45) is -1.54. The van der Waals surface area contributed by atoms with E-state index in [4.69, 9.17) is 11.6 Å². The number of rotatable bonds is 6. The molecule has 0 bridgehead atoms. The molecule has 0 aromatic heterocycles.